The van der Waals surface area contributed by atoms with E-state index in [1.807, 2.05) is 34.7 Å². The number of aromatic nitrogens is 3. The van der Waals surface area contributed by atoms with Crippen molar-refractivity contribution in [2.75, 3.05) is 38.3 Å². The normalized spacial score (nSPS) is 23.7. The lowest BCUT2D eigenvalue weighted by atomic mass is 9.62. The van der Waals surface area contributed by atoms with Gasteiger partial charge in [0, 0.05) is 45.0 Å². The van der Waals surface area contributed by atoms with Crippen LogP contribution in [-0.4, -0.2) is 65.1 Å². The summed E-state index contributed by atoms with van der Waals surface area (Å²) >= 11 is 0. The Morgan fingerprint density at radius 1 is 1.15 bits per heavy atom. The molecule has 0 atom stereocenters. The highest BCUT2D eigenvalue weighted by atomic mass is 19.4. The summed E-state index contributed by atoms with van der Waals surface area (Å²) in [6, 6.07) is 10.3. The van der Waals surface area contributed by atoms with Crippen molar-refractivity contribution in [3.05, 3.63) is 76.4 Å². The number of ether oxygens (including phenoxy) is 2. The maximum absolute atomic E-state index is 14.2. The molecule has 206 valence electrons. The third kappa shape index (κ3) is 4.52. The summed E-state index contributed by atoms with van der Waals surface area (Å²) in [5.74, 6) is 0.365. The monoisotopic (exact) mass is 541 g/mol. The lowest BCUT2D eigenvalue weighted by Gasteiger charge is -2.46. The molecule has 0 N–H and O–H groups in total. The van der Waals surface area contributed by atoms with Gasteiger partial charge in [0.1, 0.15) is 12.2 Å². The molecule has 1 aromatic heterocycles. The van der Waals surface area contributed by atoms with E-state index in [9.17, 15) is 18.0 Å². The van der Waals surface area contributed by atoms with Gasteiger partial charge >= 0.3 is 6.18 Å². The summed E-state index contributed by atoms with van der Waals surface area (Å²) in [7, 11) is 3.56. The molecule has 8 nitrogen and oxygen atoms in total. The highest BCUT2D eigenvalue weighted by Gasteiger charge is 2.50. The number of carbonyl (C=O) groups is 1. The fraction of sp³-hybridized carbons (Fsp3) is 0.464. The molecule has 2 fully saturated rings. The second-order valence-electron chi connectivity index (χ2n) is 10.6. The number of aryl methyl sites for hydroxylation is 1. The van der Waals surface area contributed by atoms with E-state index in [0.717, 1.165) is 11.4 Å². The molecule has 1 aliphatic carbocycles. The molecular formula is C28H30F3N5O3. The molecule has 3 aromatic rings. The molecule has 0 radical (unpaired) electrons. The minimum absolute atomic E-state index is 0.0229. The number of morpholine rings is 1. The first-order valence-corrected chi connectivity index (χ1v) is 13.0. The Bertz CT molecular complexity index is 1390. The molecule has 39 heavy (non-hydrogen) atoms. The first-order chi connectivity index (χ1) is 18.7. The van der Waals surface area contributed by atoms with Crippen molar-refractivity contribution >= 4 is 11.6 Å². The largest absolute Gasteiger partial charge is 0.416 e. The van der Waals surface area contributed by atoms with Crippen LogP contribution in [0.4, 0.5) is 18.9 Å². The number of alkyl halides is 3. The standard InChI is InChI=1S/C28H30F3N5O3/c1-34-17-32-33-26(34)27(13-21(14-27)38-2)19-4-3-5-20(12-19)36-16-23-22(25(36)37)10-18(11-24(23)28(29,30)31)15-35-6-8-39-9-7-35/h3-5,10-12,17,21H,6-9,13-16H2,1-2H3/t21-,27-. The average molecular weight is 542 g/mol. The molecule has 0 spiro atoms. The van der Waals surface area contributed by atoms with Crippen molar-refractivity contribution in [3.63, 3.8) is 0 Å². The smallest absolute Gasteiger partial charge is 0.381 e. The first-order valence-electron chi connectivity index (χ1n) is 13.0. The Labute approximate surface area is 224 Å². The number of nitrogens with zero attached hydrogens (tertiary/aromatic N) is 5. The Kier molecular flexibility index (Phi) is 6.47. The number of benzene rings is 2. The Hall–Kier alpha value is -3.28. The second-order valence-corrected chi connectivity index (χ2v) is 10.6. The zero-order valence-electron chi connectivity index (χ0n) is 21.9. The van der Waals surface area contributed by atoms with Crippen molar-refractivity contribution in [2.24, 2.45) is 7.05 Å². The third-order valence-electron chi connectivity index (χ3n) is 8.25. The number of halogens is 3. The Morgan fingerprint density at radius 3 is 2.59 bits per heavy atom. The molecule has 2 aromatic carbocycles. The van der Waals surface area contributed by atoms with Gasteiger partial charge in [-0.2, -0.15) is 13.2 Å². The number of hydrogen-bond donors (Lipinski definition) is 0. The molecule has 1 saturated heterocycles. The molecular weight excluding hydrogens is 511 g/mol. The molecule has 6 rings (SSSR count). The second kappa shape index (κ2) is 9.72. The quantitative estimate of drug-likeness (QED) is 0.471. The summed E-state index contributed by atoms with van der Waals surface area (Å²) in [6.45, 7) is 2.57. The summed E-state index contributed by atoms with van der Waals surface area (Å²) < 4.78 is 55.4. The van der Waals surface area contributed by atoms with E-state index in [1.54, 1.807) is 25.6 Å². The molecule has 0 bridgehead atoms. The van der Waals surface area contributed by atoms with Crippen LogP contribution in [0, 0.1) is 0 Å². The molecule has 1 amide bonds. The van der Waals surface area contributed by atoms with Crippen LogP contribution in [0.1, 0.15) is 51.3 Å². The summed E-state index contributed by atoms with van der Waals surface area (Å²) in [5, 5.41) is 8.42. The predicted octanol–water partition coefficient (Wildman–Crippen LogP) is 3.92. The molecule has 11 heteroatoms. The topological polar surface area (TPSA) is 72.7 Å². The number of amides is 1. The SMILES string of the molecule is CO[C@H]1C[C@](c2cccc(N3Cc4c(cc(CN5CCOCC5)cc4C(F)(F)F)C3=O)c2)(c2nncn2C)C1. The van der Waals surface area contributed by atoms with Gasteiger partial charge in [-0.3, -0.25) is 9.69 Å². The van der Waals surface area contributed by atoms with E-state index in [1.165, 1.54) is 11.0 Å². The van der Waals surface area contributed by atoms with Gasteiger partial charge in [0.05, 0.1) is 36.8 Å². The number of carbonyl (C=O) groups excluding carboxylic acids is 1. The van der Waals surface area contributed by atoms with Crippen LogP contribution in [-0.2, 0) is 41.2 Å². The number of rotatable bonds is 6. The molecule has 3 heterocycles. The Balaban J connectivity index is 1.35. The van der Waals surface area contributed by atoms with Crippen molar-refractivity contribution in [1.82, 2.24) is 19.7 Å². The summed E-state index contributed by atoms with van der Waals surface area (Å²) in [6.07, 6.45) is -1.48. The lowest BCUT2D eigenvalue weighted by molar-refractivity contribution is -0.138. The number of anilines is 1. The fourth-order valence-electron chi connectivity index (χ4n) is 6.16. The van der Waals surface area contributed by atoms with Crippen LogP contribution < -0.4 is 4.90 Å². The van der Waals surface area contributed by atoms with E-state index >= 15 is 0 Å². The fourth-order valence-corrected chi connectivity index (χ4v) is 6.16. The van der Waals surface area contributed by atoms with Crippen molar-refractivity contribution in [1.29, 1.82) is 0 Å². The number of hydrogen-bond acceptors (Lipinski definition) is 6. The van der Waals surface area contributed by atoms with Crippen LogP contribution in [0.2, 0.25) is 0 Å². The van der Waals surface area contributed by atoms with Crippen LogP contribution in [0.5, 0.6) is 0 Å². The predicted molar refractivity (Wildman–Crippen MR) is 136 cm³/mol. The average Bonchev–Trinajstić information content (AvgIpc) is 3.47. The van der Waals surface area contributed by atoms with E-state index < -0.39 is 23.1 Å². The molecule has 2 aliphatic heterocycles. The minimum Gasteiger partial charge on any atom is -0.381 e. The molecule has 3 aliphatic rings. The van der Waals surface area contributed by atoms with Gasteiger partial charge in [-0.15, -0.1) is 10.2 Å². The van der Waals surface area contributed by atoms with Crippen LogP contribution in [0.25, 0.3) is 0 Å². The summed E-state index contributed by atoms with van der Waals surface area (Å²) in [4.78, 5) is 17.1. The highest BCUT2D eigenvalue weighted by molar-refractivity contribution is 6.10. The Morgan fingerprint density at radius 2 is 1.92 bits per heavy atom. The van der Waals surface area contributed by atoms with E-state index in [2.05, 4.69) is 10.2 Å². The minimum atomic E-state index is -4.57. The van der Waals surface area contributed by atoms with E-state index in [-0.39, 0.29) is 23.8 Å². The van der Waals surface area contributed by atoms with Gasteiger partial charge in [-0.25, -0.2) is 0 Å². The van der Waals surface area contributed by atoms with Gasteiger partial charge in [0.25, 0.3) is 5.91 Å². The van der Waals surface area contributed by atoms with Crippen molar-refractivity contribution in [2.45, 2.75) is 43.6 Å². The van der Waals surface area contributed by atoms with Crippen LogP contribution in [0.15, 0.2) is 42.7 Å². The maximum atomic E-state index is 14.2. The van der Waals surface area contributed by atoms with Crippen LogP contribution >= 0.6 is 0 Å². The molecule has 1 saturated carbocycles. The van der Waals surface area contributed by atoms with Gasteiger partial charge in [0.15, 0.2) is 0 Å². The van der Waals surface area contributed by atoms with Crippen LogP contribution in [0.3, 0.4) is 0 Å². The lowest BCUT2D eigenvalue weighted by Crippen LogP contribution is -2.48. The summed E-state index contributed by atoms with van der Waals surface area (Å²) in [5.41, 5.74) is 0.900. The van der Waals surface area contributed by atoms with Gasteiger partial charge in [-0.1, -0.05) is 12.1 Å². The van der Waals surface area contributed by atoms with E-state index in [0.29, 0.717) is 56.9 Å². The van der Waals surface area contributed by atoms with E-state index in [4.69, 9.17) is 9.47 Å². The maximum Gasteiger partial charge on any atom is 0.416 e. The zero-order chi connectivity index (χ0) is 27.4. The zero-order valence-corrected chi connectivity index (χ0v) is 21.9. The number of methoxy groups -OCH3 is 1. The molecule has 0 unspecified atom stereocenters. The first kappa shape index (κ1) is 26.0. The highest BCUT2D eigenvalue weighted by Crippen LogP contribution is 2.50. The number of fused-ring (bicyclic) bond motifs is 1. The third-order valence-corrected chi connectivity index (χ3v) is 8.25. The van der Waals surface area contributed by atoms with Crippen molar-refractivity contribution < 1.29 is 27.4 Å². The van der Waals surface area contributed by atoms with Gasteiger partial charge in [-0.05, 0) is 53.8 Å². The van der Waals surface area contributed by atoms with Crippen molar-refractivity contribution in [3.8, 4) is 0 Å². The van der Waals surface area contributed by atoms with Gasteiger partial charge < -0.3 is 18.9 Å². The van der Waals surface area contributed by atoms with Gasteiger partial charge in [0.2, 0.25) is 0 Å².